The molecule has 2 aromatic carbocycles. The summed E-state index contributed by atoms with van der Waals surface area (Å²) in [7, 11) is 1.68. The lowest BCUT2D eigenvalue weighted by Gasteiger charge is -2.26. The van der Waals surface area contributed by atoms with E-state index >= 15 is 0 Å². The molecule has 2 nitrogen and oxygen atoms in total. The smallest absolute Gasteiger partial charge is 0.128 e. The number of hydrogen-bond donors (Lipinski definition) is 1. The van der Waals surface area contributed by atoms with E-state index in [9.17, 15) is 5.11 Å². The molecule has 0 unspecified atom stereocenters. The second-order valence-corrected chi connectivity index (χ2v) is 5.74. The fourth-order valence-corrected chi connectivity index (χ4v) is 3.21. The highest BCUT2D eigenvalue weighted by Crippen LogP contribution is 2.42. The van der Waals surface area contributed by atoms with Gasteiger partial charge in [0.15, 0.2) is 0 Å². The summed E-state index contributed by atoms with van der Waals surface area (Å²) in [5.41, 5.74) is 4.80. The van der Waals surface area contributed by atoms with Crippen LogP contribution in [0.25, 0.3) is 0 Å². The zero-order valence-electron chi connectivity index (χ0n) is 12.2. The summed E-state index contributed by atoms with van der Waals surface area (Å²) in [5.74, 6) is 0.820. The topological polar surface area (TPSA) is 29.5 Å². The Bertz CT molecular complexity index is 633. The monoisotopic (exact) mass is 268 g/mol. The van der Waals surface area contributed by atoms with Crippen molar-refractivity contribution in [2.75, 3.05) is 7.11 Å². The molecule has 0 atom stereocenters. The number of aliphatic hydroxyl groups is 1. The van der Waals surface area contributed by atoms with Crippen molar-refractivity contribution in [2.24, 2.45) is 0 Å². The molecule has 2 aromatic rings. The Morgan fingerprint density at radius 3 is 2.15 bits per heavy atom. The highest BCUT2D eigenvalue weighted by molar-refractivity contribution is 5.51. The average Bonchev–Trinajstić information content (AvgIpc) is 2.78. The van der Waals surface area contributed by atoms with Crippen LogP contribution in [0.15, 0.2) is 36.4 Å². The maximum Gasteiger partial charge on any atom is 0.128 e. The maximum atomic E-state index is 11.1. The lowest BCUT2D eigenvalue weighted by molar-refractivity contribution is 0.0455. The van der Waals surface area contributed by atoms with Gasteiger partial charge in [-0.2, -0.15) is 0 Å². The lowest BCUT2D eigenvalue weighted by atomic mass is 9.87. The number of methoxy groups -OCH3 is 1. The van der Waals surface area contributed by atoms with Crippen molar-refractivity contribution in [3.05, 3.63) is 64.2 Å². The van der Waals surface area contributed by atoms with Crippen LogP contribution in [0.1, 0.15) is 27.8 Å². The van der Waals surface area contributed by atoms with Crippen LogP contribution in [0.3, 0.4) is 0 Å². The molecule has 1 N–H and O–H groups in total. The second kappa shape index (κ2) is 4.64. The Kier molecular flexibility index (Phi) is 3.06. The van der Waals surface area contributed by atoms with Crippen LogP contribution in [-0.2, 0) is 18.4 Å². The van der Waals surface area contributed by atoms with Crippen molar-refractivity contribution >= 4 is 0 Å². The summed E-state index contributed by atoms with van der Waals surface area (Å²) < 4.78 is 5.57. The van der Waals surface area contributed by atoms with Gasteiger partial charge in [-0.3, -0.25) is 0 Å². The van der Waals surface area contributed by atoms with Gasteiger partial charge in [-0.05, 0) is 36.1 Å². The van der Waals surface area contributed by atoms with E-state index in [-0.39, 0.29) is 0 Å². The van der Waals surface area contributed by atoms with Gasteiger partial charge in [0.1, 0.15) is 11.4 Å². The van der Waals surface area contributed by atoms with Crippen molar-refractivity contribution in [3.63, 3.8) is 0 Å². The van der Waals surface area contributed by atoms with Crippen LogP contribution in [0, 0.1) is 13.8 Å². The minimum absolute atomic E-state index is 0.655. The van der Waals surface area contributed by atoms with Crippen molar-refractivity contribution < 1.29 is 9.84 Å². The lowest BCUT2D eigenvalue weighted by Crippen LogP contribution is -2.27. The molecule has 0 fully saturated rings. The first-order chi connectivity index (χ1) is 9.55. The largest absolute Gasteiger partial charge is 0.496 e. The summed E-state index contributed by atoms with van der Waals surface area (Å²) in [6, 6.07) is 12.3. The molecule has 1 aliphatic rings. The quantitative estimate of drug-likeness (QED) is 0.905. The zero-order valence-corrected chi connectivity index (χ0v) is 12.2. The van der Waals surface area contributed by atoms with Gasteiger partial charge in [0.25, 0.3) is 0 Å². The van der Waals surface area contributed by atoms with Crippen LogP contribution in [-0.4, -0.2) is 12.2 Å². The van der Waals surface area contributed by atoms with Crippen LogP contribution in [0.4, 0.5) is 0 Å². The molecule has 20 heavy (non-hydrogen) atoms. The van der Waals surface area contributed by atoms with Gasteiger partial charge in [0.2, 0.25) is 0 Å². The van der Waals surface area contributed by atoms with Crippen LogP contribution >= 0.6 is 0 Å². The van der Waals surface area contributed by atoms with Gasteiger partial charge in [-0.25, -0.2) is 0 Å². The maximum absolute atomic E-state index is 11.1. The Morgan fingerprint density at radius 1 is 1.00 bits per heavy atom. The molecule has 2 heteroatoms. The molecule has 3 rings (SSSR count). The number of ether oxygens (including phenoxy) is 1. The van der Waals surface area contributed by atoms with Crippen molar-refractivity contribution in [3.8, 4) is 5.75 Å². The van der Waals surface area contributed by atoms with E-state index in [0.29, 0.717) is 12.8 Å². The average molecular weight is 268 g/mol. The normalized spacial score (nSPS) is 16.0. The van der Waals surface area contributed by atoms with Crippen molar-refractivity contribution in [2.45, 2.75) is 32.3 Å². The highest BCUT2D eigenvalue weighted by atomic mass is 16.5. The van der Waals surface area contributed by atoms with E-state index in [1.165, 1.54) is 16.7 Å². The number of aryl methyl sites for hydroxylation is 1. The zero-order chi connectivity index (χ0) is 14.3. The third-order valence-corrected chi connectivity index (χ3v) is 4.47. The molecule has 0 bridgehead atoms. The minimum atomic E-state index is -0.854. The van der Waals surface area contributed by atoms with Gasteiger partial charge in [-0.1, -0.05) is 36.4 Å². The molecule has 104 valence electrons. The molecule has 1 aliphatic carbocycles. The van der Waals surface area contributed by atoms with Crippen LogP contribution in [0.2, 0.25) is 0 Å². The molecule has 0 radical (unpaired) electrons. The van der Waals surface area contributed by atoms with Crippen molar-refractivity contribution in [1.82, 2.24) is 0 Å². The van der Waals surface area contributed by atoms with Gasteiger partial charge < -0.3 is 9.84 Å². The van der Waals surface area contributed by atoms with Gasteiger partial charge >= 0.3 is 0 Å². The molecule has 0 saturated heterocycles. The summed E-state index contributed by atoms with van der Waals surface area (Å²) in [5, 5.41) is 11.1. The minimum Gasteiger partial charge on any atom is -0.496 e. The number of rotatable bonds is 2. The molecule has 0 spiro atoms. The first-order valence-corrected chi connectivity index (χ1v) is 6.99. The Hall–Kier alpha value is -1.80. The molecular weight excluding hydrogens is 248 g/mol. The Balaban J connectivity index is 2.09. The SMILES string of the molecule is COc1c(C2(O)Cc3ccccc3C2)ccc(C)c1C. The Morgan fingerprint density at radius 2 is 1.60 bits per heavy atom. The van der Waals surface area contributed by atoms with Gasteiger partial charge in [-0.15, -0.1) is 0 Å². The fourth-order valence-electron chi connectivity index (χ4n) is 3.21. The van der Waals surface area contributed by atoms with Crippen LogP contribution in [0.5, 0.6) is 5.75 Å². The summed E-state index contributed by atoms with van der Waals surface area (Å²) in [4.78, 5) is 0. The fraction of sp³-hybridized carbons (Fsp3) is 0.333. The standard InChI is InChI=1S/C18H20O2/c1-12-8-9-16(17(20-3)13(12)2)18(19)10-14-6-4-5-7-15(14)11-18/h4-9,19H,10-11H2,1-3H3. The summed E-state index contributed by atoms with van der Waals surface area (Å²) >= 11 is 0. The van der Waals surface area contributed by atoms with Crippen molar-refractivity contribution in [1.29, 1.82) is 0 Å². The number of hydrogen-bond acceptors (Lipinski definition) is 2. The van der Waals surface area contributed by atoms with Gasteiger partial charge in [0.05, 0.1) is 7.11 Å². The van der Waals surface area contributed by atoms with E-state index in [4.69, 9.17) is 4.74 Å². The van der Waals surface area contributed by atoms with Crippen LogP contribution < -0.4 is 4.74 Å². The van der Waals surface area contributed by atoms with E-state index < -0.39 is 5.60 Å². The summed E-state index contributed by atoms with van der Waals surface area (Å²) in [6.07, 6.45) is 1.31. The third-order valence-electron chi connectivity index (χ3n) is 4.47. The molecular formula is C18H20O2. The highest BCUT2D eigenvalue weighted by Gasteiger charge is 2.39. The number of benzene rings is 2. The predicted octanol–water partition coefficient (Wildman–Crippen LogP) is 3.30. The molecule has 0 saturated carbocycles. The van der Waals surface area contributed by atoms with E-state index in [1.54, 1.807) is 7.11 Å². The molecule has 0 aromatic heterocycles. The second-order valence-electron chi connectivity index (χ2n) is 5.74. The molecule has 0 amide bonds. The third kappa shape index (κ3) is 1.92. The number of fused-ring (bicyclic) bond motifs is 1. The van der Waals surface area contributed by atoms with Gasteiger partial charge in [0, 0.05) is 18.4 Å². The Labute approximate surface area is 120 Å². The summed E-state index contributed by atoms with van der Waals surface area (Å²) in [6.45, 7) is 4.11. The van der Waals surface area contributed by atoms with E-state index in [0.717, 1.165) is 16.9 Å². The molecule has 0 aliphatic heterocycles. The predicted molar refractivity (Wildman–Crippen MR) is 80.2 cm³/mol. The molecule has 0 heterocycles. The van der Waals surface area contributed by atoms with E-state index in [1.807, 2.05) is 25.1 Å². The first-order valence-electron chi connectivity index (χ1n) is 6.99. The van der Waals surface area contributed by atoms with E-state index in [2.05, 4.69) is 25.1 Å². The first kappa shape index (κ1) is 13.2.